The predicted octanol–water partition coefficient (Wildman–Crippen LogP) is 1.08. The Hall–Kier alpha value is -2.37. The molecule has 0 saturated heterocycles. The molecule has 0 aromatic heterocycles. The fraction of sp³-hybridized carbons (Fsp3) is 0.438. The molecule has 1 aromatic rings. The number of anilines is 1. The van der Waals surface area contributed by atoms with E-state index in [0.29, 0.717) is 12.1 Å². The molecule has 1 aromatic carbocycles. The fourth-order valence-corrected chi connectivity index (χ4v) is 1.61. The highest BCUT2D eigenvalue weighted by atomic mass is 16.2. The minimum absolute atomic E-state index is 0.0679. The maximum Gasteiger partial charge on any atom is 0.243 e. The standard InChI is InChI=1S/C16H23N3O3/c1-16(2,3)15(22)18-10-14(21)19-12-7-5-11(6-8-12)9-13(20)17-4/h5-8H,9-10H2,1-4H3,(H,17,20)(H,18,22)(H,19,21). The van der Waals surface area contributed by atoms with Crippen LogP contribution in [-0.2, 0) is 20.8 Å². The molecule has 0 heterocycles. The summed E-state index contributed by atoms with van der Waals surface area (Å²) < 4.78 is 0. The average molecular weight is 305 g/mol. The van der Waals surface area contributed by atoms with Gasteiger partial charge in [0, 0.05) is 18.2 Å². The van der Waals surface area contributed by atoms with Gasteiger partial charge in [-0.25, -0.2) is 0 Å². The first kappa shape index (κ1) is 17.7. The van der Waals surface area contributed by atoms with Gasteiger partial charge in [-0.1, -0.05) is 32.9 Å². The van der Waals surface area contributed by atoms with E-state index in [9.17, 15) is 14.4 Å². The van der Waals surface area contributed by atoms with E-state index < -0.39 is 5.41 Å². The van der Waals surface area contributed by atoms with Crippen molar-refractivity contribution in [2.75, 3.05) is 18.9 Å². The number of likely N-dealkylation sites (N-methyl/N-ethyl adjacent to an activating group) is 1. The molecular weight excluding hydrogens is 282 g/mol. The van der Waals surface area contributed by atoms with Crippen LogP contribution in [0.1, 0.15) is 26.3 Å². The number of hydrogen-bond donors (Lipinski definition) is 3. The van der Waals surface area contributed by atoms with Gasteiger partial charge in [0.15, 0.2) is 0 Å². The summed E-state index contributed by atoms with van der Waals surface area (Å²) in [5, 5.41) is 7.82. The van der Waals surface area contributed by atoms with E-state index in [1.807, 2.05) is 0 Å². The number of nitrogens with one attached hydrogen (secondary N) is 3. The molecule has 0 spiro atoms. The van der Waals surface area contributed by atoms with E-state index in [1.54, 1.807) is 52.1 Å². The first-order valence-corrected chi connectivity index (χ1v) is 7.10. The molecule has 6 nitrogen and oxygen atoms in total. The fourth-order valence-electron chi connectivity index (χ4n) is 1.61. The van der Waals surface area contributed by atoms with Crippen molar-refractivity contribution in [2.45, 2.75) is 27.2 Å². The minimum atomic E-state index is -0.526. The van der Waals surface area contributed by atoms with Crippen LogP contribution in [0.2, 0.25) is 0 Å². The zero-order chi connectivity index (χ0) is 16.8. The van der Waals surface area contributed by atoms with Crippen LogP contribution in [0.15, 0.2) is 24.3 Å². The Kier molecular flexibility index (Phi) is 6.10. The lowest BCUT2D eigenvalue weighted by atomic mass is 9.96. The van der Waals surface area contributed by atoms with Gasteiger partial charge in [0.05, 0.1) is 13.0 Å². The number of carbonyl (C=O) groups excluding carboxylic acids is 3. The van der Waals surface area contributed by atoms with E-state index in [0.717, 1.165) is 5.56 Å². The Morgan fingerprint density at radius 1 is 1.00 bits per heavy atom. The number of benzene rings is 1. The third kappa shape index (κ3) is 5.95. The number of hydrogen-bond acceptors (Lipinski definition) is 3. The van der Waals surface area contributed by atoms with Crippen LogP contribution in [0.5, 0.6) is 0 Å². The lowest BCUT2D eigenvalue weighted by Crippen LogP contribution is -2.39. The minimum Gasteiger partial charge on any atom is -0.359 e. The van der Waals surface area contributed by atoms with Crippen molar-refractivity contribution in [1.29, 1.82) is 0 Å². The van der Waals surface area contributed by atoms with Gasteiger partial charge in [-0.15, -0.1) is 0 Å². The van der Waals surface area contributed by atoms with E-state index >= 15 is 0 Å². The van der Waals surface area contributed by atoms with E-state index in [1.165, 1.54) is 0 Å². The summed E-state index contributed by atoms with van der Waals surface area (Å²) in [5.74, 6) is -0.540. The molecule has 6 heteroatoms. The smallest absolute Gasteiger partial charge is 0.243 e. The lowest BCUT2D eigenvalue weighted by molar-refractivity contribution is -0.130. The molecule has 1 rings (SSSR count). The van der Waals surface area contributed by atoms with Crippen molar-refractivity contribution in [3.8, 4) is 0 Å². The number of carbonyl (C=O) groups is 3. The molecule has 0 fully saturated rings. The largest absolute Gasteiger partial charge is 0.359 e. The van der Waals surface area contributed by atoms with Crippen LogP contribution >= 0.6 is 0 Å². The van der Waals surface area contributed by atoms with Gasteiger partial charge in [0.1, 0.15) is 0 Å². The third-order valence-corrected chi connectivity index (χ3v) is 2.97. The third-order valence-electron chi connectivity index (χ3n) is 2.97. The van der Waals surface area contributed by atoms with Crippen molar-refractivity contribution >= 4 is 23.4 Å². The summed E-state index contributed by atoms with van der Waals surface area (Å²) >= 11 is 0. The quantitative estimate of drug-likeness (QED) is 0.760. The molecule has 0 aliphatic carbocycles. The van der Waals surface area contributed by atoms with Crippen LogP contribution in [0, 0.1) is 5.41 Å². The maximum atomic E-state index is 11.8. The van der Waals surface area contributed by atoms with Gasteiger partial charge in [-0.3, -0.25) is 14.4 Å². The second kappa shape index (κ2) is 7.59. The highest BCUT2D eigenvalue weighted by molar-refractivity contribution is 5.95. The second-order valence-corrected chi connectivity index (χ2v) is 6.03. The molecule has 3 N–H and O–H groups in total. The SMILES string of the molecule is CNC(=O)Cc1ccc(NC(=O)CNC(=O)C(C)(C)C)cc1. The molecule has 0 radical (unpaired) electrons. The molecule has 120 valence electrons. The molecule has 0 aliphatic rings. The Balaban J connectivity index is 2.48. The lowest BCUT2D eigenvalue weighted by Gasteiger charge is -2.17. The summed E-state index contributed by atoms with van der Waals surface area (Å²) in [6, 6.07) is 7.00. The summed E-state index contributed by atoms with van der Waals surface area (Å²) in [5.41, 5.74) is 0.955. The zero-order valence-electron chi connectivity index (χ0n) is 13.4. The number of rotatable bonds is 5. The van der Waals surface area contributed by atoms with Crippen molar-refractivity contribution in [3.05, 3.63) is 29.8 Å². The van der Waals surface area contributed by atoms with Gasteiger partial charge in [0.2, 0.25) is 17.7 Å². The van der Waals surface area contributed by atoms with E-state index in [-0.39, 0.29) is 24.3 Å². The molecule has 0 saturated carbocycles. The molecule has 0 bridgehead atoms. The van der Waals surface area contributed by atoms with Crippen LogP contribution in [0.25, 0.3) is 0 Å². The summed E-state index contributed by atoms with van der Waals surface area (Å²) in [4.78, 5) is 34.7. The van der Waals surface area contributed by atoms with Gasteiger partial charge < -0.3 is 16.0 Å². The molecule has 0 atom stereocenters. The Labute approximate surface area is 130 Å². The van der Waals surface area contributed by atoms with Crippen LogP contribution in [0.4, 0.5) is 5.69 Å². The first-order valence-electron chi connectivity index (χ1n) is 7.10. The second-order valence-electron chi connectivity index (χ2n) is 6.03. The highest BCUT2D eigenvalue weighted by Crippen LogP contribution is 2.12. The molecule has 3 amide bonds. The Morgan fingerprint density at radius 2 is 1.59 bits per heavy atom. The van der Waals surface area contributed by atoms with Gasteiger partial charge >= 0.3 is 0 Å². The maximum absolute atomic E-state index is 11.8. The molecular formula is C16H23N3O3. The summed E-state index contributed by atoms with van der Waals surface area (Å²) in [6.45, 7) is 5.28. The van der Waals surface area contributed by atoms with Crippen LogP contribution in [-0.4, -0.2) is 31.3 Å². The number of amides is 3. The highest BCUT2D eigenvalue weighted by Gasteiger charge is 2.21. The van der Waals surface area contributed by atoms with Gasteiger partial charge in [-0.2, -0.15) is 0 Å². The predicted molar refractivity (Wildman–Crippen MR) is 85.3 cm³/mol. The summed E-state index contributed by atoms with van der Waals surface area (Å²) in [7, 11) is 1.59. The monoisotopic (exact) mass is 305 g/mol. The van der Waals surface area contributed by atoms with Crippen molar-refractivity contribution in [3.63, 3.8) is 0 Å². The topological polar surface area (TPSA) is 87.3 Å². The van der Waals surface area contributed by atoms with Crippen LogP contribution < -0.4 is 16.0 Å². The summed E-state index contributed by atoms with van der Waals surface area (Å²) in [6.07, 6.45) is 0.298. The van der Waals surface area contributed by atoms with Crippen molar-refractivity contribution in [2.24, 2.45) is 5.41 Å². The molecule has 0 unspecified atom stereocenters. The van der Waals surface area contributed by atoms with Gasteiger partial charge in [-0.05, 0) is 17.7 Å². The Morgan fingerprint density at radius 3 is 2.09 bits per heavy atom. The van der Waals surface area contributed by atoms with Crippen LogP contribution in [0.3, 0.4) is 0 Å². The normalized spacial score (nSPS) is 10.7. The molecule has 0 aliphatic heterocycles. The Bertz CT molecular complexity index is 545. The zero-order valence-corrected chi connectivity index (χ0v) is 13.4. The van der Waals surface area contributed by atoms with Crippen molar-refractivity contribution in [1.82, 2.24) is 10.6 Å². The van der Waals surface area contributed by atoms with E-state index in [4.69, 9.17) is 0 Å². The average Bonchev–Trinajstić information content (AvgIpc) is 2.45. The first-order chi connectivity index (χ1) is 10.2. The molecule has 22 heavy (non-hydrogen) atoms. The van der Waals surface area contributed by atoms with Crippen molar-refractivity contribution < 1.29 is 14.4 Å². The van der Waals surface area contributed by atoms with E-state index in [2.05, 4.69) is 16.0 Å². The van der Waals surface area contributed by atoms with Gasteiger partial charge in [0.25, 0.3) is 0 Å².